The summed E-state index contributed by atoms with van der Waals surface area (Å²) in [5.74, 6) is 1.13. The van der Waals surface area contributed by atoms with Gasteiger partial charge < -0.3 is 10.1 Å². The van der Waals surface area contributed by atoms with Gasteiger partial charge >= 0.3 is 0 Å². The molecule has 1 N–H and O–H groups in total. The molecule has 2 heterocycles. The highest BCUT2D eigenvalue weighted by Gasteiger charge is 2.12. The number of carbonyl (C=O) groups excluding carboxylic acids is 1. The lowest BCUT2D eigenvalue weighted by Gasteiger charge is -2.08. The molecule has 2 aromatic heterocycles. The van der Waals surface area contributed by atoms with Gasteiger partial charge in [0.25, 0.3) is 0 Å². The summed E-state index contributed by atoms with van der Waals surface area (Å²) in [6.07, 6.45) is 0.273. The smallest absolute Gasteiger partial charge is 0.226 e. The van der Waals surface area contributed by atoms with Crippen molar-refractivity contribution in [2.75, 3.05) is 18.2 Å². The van der Waals surface area contributed by atoms with Gasteiger partial charge in [-0.1, -0.05) is 36.4 Å². The molecule has 8 heteroatoms. The van der Waals surface area contributed by atoms with Gasteiger partial charge in [-0.25, -0.2) is 9.97 Å². The summed E-state index contributed by atoms with van der Waals surface area (Å²) >= 11 is 2.80. The van der Waals surface area contributed by atoms with E-state index < -0.39 is 0 Å². The number of ether oxygens (including phenoxy) is 1. The second-order valence-electron chi connectivity index (χ2n) is 8.14. The third-order valence-electron chi connectivity index (χ3n) is 5.73. The lowest BCUT2D eigenvalue weighted by Crippen LogP contribution is -2.12. The van der Waals surface area contributed by atoms with Crippen LogP contribution in [0.1, 0.15) is 12.0 Å². The SMILES string of the molecule is COc1ccc(-c2ccc(C#N)c(SCCC(=O)Nc3nc(-c4ccc5ccccc5c4)cs3)n2)cc1. The highest BCUT2D eigenvalue weighted by atomic mass is 32.2. The molecule has 3 aromatic carbocycles. The standard InChI is InChI=1S/C29H22N4O2S2/c1-35-24-11-8-20(9-12-24)25-13-10-23(17-30)28(31-25)36-15-14-27(34)33-29-32-26(18-37-29)22-7-6-19-4-2-3-5-21(19)16-22/h2-13,16,18H,14-15H2,1H3,(H,32,33,34). The first-order chi connectivity index (χ1) is 18.1. The molecule has 0 bridgehead atoms. The van der Waals surface area contributed by atoms with Crippen molar-refractivity contribution < 1.29 is 9.53 Å². The number of thioether (sulfide) groups is 1. The number of amides is 1. The number of carbonyl (C=O) groups is 1. The van der Waals surface area contributed by atoms with E-state index in [0.29, 0.717) is 21.5 Å². The quantitative estimate of drug-likeness (QED) is 0.220. The third-order valence-corrected chi connectivity index (χ3v) is 7.48. The molecule has 0 atom stereocenters. The number of aromatic nitrogens is 2. The van der Waals surface area contributed by atoms with E-state index in [0.717, 1.165) is 33.7 Å². The van der Waals surface area contributed by atoms with Gasteiger partial charge in [-0.15, -0.1) is 23.1 Å². The van der Waals surface area contributed by atoms with Gasteiger partial charge in [-0.3, -0.25) is 4.79 Å². The van der Waals surface area contributed by atoms with Crippen molar-refractivity contribution in [3.8, 4) is 34.3 Å². The first kappa shape index (κ1) is 24.5. The maximum Gasteiger partial charge on any atom is 0.226 e. The minimum Gasteiger partial charge on any atom is -0.497 e. The van der Waals surface area contributed by atoms with Gasteiger partial charge in [0.2, 0.25) is 5.91 Å². The molecule has 6 nitrogen and oxygen atoms in total. The summed E-state index contributed by atoms with van der Waals surface area (Å²) in [5.41, 5.74) is 4.02. The minimum atomic E-state index is -0.128. The normalized spacial score (nSPS) is 10.7. The predicted octanol–water partition coefficient (Wildman–Crippen LogP) is 7.03. The number of hydrogen-bond acceptors (Lipinski definition) is 7. The van der Waals surface area contributed by atoms with Crippen LogP contribution < -0.4 is 10.1 Å². The molecule has 0 aliphatic carbocycles. The summed E-state index contributed by atoms with van der Waals surface area (Å²) in [6.45, 7) is 0. The molecule has 5 rings (SSSR count). The number of nitrogens with one attached hydrogen (secondary N) is 1. The molecule has 0 aliphatic rings. The van der Waals surface area contributed by atoms with Gasteiger partial charge in [-0.2, -0.15) is 5.26 Å². The van der Waals surface area contributed by atoms with Crippen molar-refractivity contribution in [2.45, 2.75) is 11.4 Å². The maximum absolute atomic E-state index is 12.6. The highest BCUT2D eigenvalue weighted by Crippen LogP contribution is 2.29. The zero-order valence-electron chi connectivity index (χ0n) is 20.0. The Morgan fingerprint density at radius 3 is 2.54 bits per heavy atom. The van der Waals surface area contributed by atoms with Crippen LogP contribution in [0.3, 0.4) is 0 Å². The van der Waals surface area contributed by atoms with E-state index in [9.17, 15) is 10.1 Å². The van der Waals surface area contributed by atoms with E-state index in [4.69, 9.17) is 4.74 Å². The van der Waals surface area contributed by atoms with Crippen molar-refractivity contribution in [3.05, 3.63) is 89.8 Å². The Kier molecular flexibility index (Phi) is 7.45. The van der Waals surface area contributed by atoms with Crippen molar-refractivity contribution in [1.29, 1.82) is 5.26 Å². The average molecular weight is 523 g/mol. The summed E-state index contributed by atoms with van der Waals surface area (Å²) in [4.78, 5) is 21.8. The molecule has 0 spiro atoms. The summed E-state index contributed by atoms with van der Waals surface area (Å²) in [5, 5.41) is 17.8. The van der Waals surface area contributed by atoms with Crippen LogP contribution in [-0.2, 0) is 4.79 Å². The van der Waals surface area contributed by atoms with E-state index in [-0.39, 0.29) is 12.3 Å². The number of benzene rings is 3. The molecule has 182 valence electrons. The zero-order chi connectivity index (χ0) is 25.6. The van der Waals surface area contributed by atoms with Crippen molar-refractivity contribution >= 4 is 44.9 Å². The van der Waals surface area contributed by atoms with E-state index >= 15 is 0 Å². The number of fused-ring (bicyclic) bond motifs is 1. The van der Waals surface area contributed by atoms with E-state index in [1.54, 1.807) is 13.2 Å². The average Bonchev–Trinajstić information content (AvgIpc) is 3.41. The van der Waals surface area contributed by atoms with Crippen molar-refractivity contribution in [3.63, 3.8) is 0 Å². The number of pyridine rings is 1. The number of anilines is 1. The molecule has 0 radical (unpaired) electrons. The molecule has 0 saturated heterocycles. The largest absolute Gasteiger partial charge is 0.497 e. The molecular formula is C29H22N4O2S2. The Labute approximate surface area is 223 Å². The zero-order valence-corrected chi connectivity index (χ0v) is 21.6. The van der Waals surface area contributed by atoms with E-state index in [2.05, 4.69) is 45.6 Å². The van der Waals surface area contributed by atoms with Crippen LogP contribution in [0.15, 0.2) is 89.3 Å². The van der Waals surface area contributed by atoms with Crippen LogP contribution in [0.5, 0.6) is 5.75 Å². The molecule has 0 unspecified atom stereocenters. The number of nitriles is 1. The maximum atomic E-state index is 12.6. The molecule has 5 aromatic rings. The number of nitrogens with zero attached hydrogens (tertiary/aromatic N) is 3. The van der Waals surface area contributed by atoms with Gasteiger partial charge in [0, 0.05) is 28.7 Å². The van der Waals surface area contributed by atoms with E-state index in [1.165, 1.54) is 28.5 Å². The molecular weight excluding hydrogens is 500 g/mol. The van der Waals surface area contributed by atoms with Crippen LogP contribution >= 0.6 is 23.1 Å². The first-order valence-corrected chi connectivity index (χ1v) is 13.4. The Balaban J connectivity index is 1.20. The Hall–Kier alpha value is -4.19. The first-order valence-electron chi connectivity index (χ1n) is 11.6. The molecule has 0 aliphatic heterocycles. The number of rotatable bonds is 8. The summed E-state index contributed by atoms with van der Waals surface area (Å²) in [7, 11) is 1.62. The van der Waals surface area contributed by atoms with E-state index in [1.807, 2.05) is 53.9 Å². The number of thiazole rings is 1. The Bertz CT molecular complexity index is 1610. The molecule has 37 heavy (non-hydrogen) atoms. The lowest BCUT2D eigenvalue weighted by molar-refractivity contribution is -0.115. The van der Waals surface area contributed by atoms with Crippen molar-refractivity contribution in [1.82, 2.24) is 9.97 Å². The fourth-order valence-corrected chi connectivity index (χ4v) is 5.44. The number of hydrogen-bond donors (Lipinski definition) is 1. The van der Waals surface area contributed by atoms with Gasteiger partial charge in [0.1, 0.15) is 16.8 Å². The summed E-state index contributed by atoms with van der Waals surface area (Å²) < 4.78 is 5.21. The molecule has 1 amide bonds. The topological polar surface area (TPSA) is 87.9 Å². The summed E-state index contributed by atoms with van der Waals surface area (Å²) in [6, 6.07) is 27.8. The second kappa shape index (κ2) is 11.2. The second-order valence-corrected chi connectivity index (χ2v) is 10.1. The van der Waals surface area contributed by atoms with Crippen LogP contribution in [-0.4, -0.2) is 28.7 Å². The lowest BCUT2D eigenvalue weighted by atomic mass is 10.1. The molecule has 0 fully saturated rings. The minimum absolute atomic E-state index is 0.128. The highest BCUT2D eigenvalue weighted by molar-refractivity contribution is 7.99. The predicted molar refractivity (Wildman–Crippen MR) is 150 cm³/mol. The fourth-order valence-electron chi connectivity index (χ4n) is 3.79. The van der Waals surface area contributed by atoms with Gasteiger partial charge in [0.15, 0.2) is 5.13 Å². The van der Waals surface area contributed by atoms with Gasteiger partial charge in [0.05, 0.1) is 24.1 Å². The monoisotopic (exact) mass is 522 g/mol. The third kappa shape index (κ3) is 5.80. The Morgan fingerprint density at radius 1 is 0.973 bits per heavy atom. The Morgan fingerprint density at radius 2 is 1.76 bits per heavy atom. The van der Waals surface area contributed by atoms with Crippen molar-refractivity contribution in [2.24, 2.45) is 0 Å². The number of methoxy groups -OCH3 is 1. The fraction of sp³-hybridized carbons (Fsp3) is 0.103. The van der Waals surface area contributed by atoms with Crippen LogP contribution in [0.2, 0.25) is 0 Å². The van der Waals surface area contributed by atoms with Crippen LogP contribution in [0, 0.1) is 11.3 Å². The van der Waals surface area contributed by atoms with Crippen LogP contribution in [0.25, 0.3) is 33.3 Å². The van der Waals surface area contributed by atoms with Gasteiger partial charge in [-0.05, 0) is 53.2 Å². The molecule has 0 saturated carbocycles. The van der Waals surface area contributed by atoms with Crippen LogP contribution in [0.4, 0.5) is 5.13 Å².